The van der Waals surface area contributed by atoms with Crippen LogP contribution in [0.2, 0.25) is 0 Å². The van der Waals surface area contributed by atoms with Gasteiger partial charge < -0.3 is 14.8 Å². The van der Waals surface area contributed by atoms with Crippen LogP contribution in [0.1, 0.15) is 17.0 Å². The smallest absolute Gasteiger partial charge is 0.262 e. The molecule has 2 N–H and O–H groups in total. The summed E-state index contributed by atoms with van der Waals surface area (Å²) in [7, 11) is 1.53. The van der Waals surface area contributed by atoms with Gasteiger partial charge in [-0.1, -0.05) is 17.7 Å². The Balaban J connectivity index is 1.65. The van der Waals surface area contributed by atoms with Crippen LogP contribution in [0.5, 0.6) is 11.5 Å². The van der Waals surface area contributed by atoms with Gasteiger partial charge in [0.2, 0.25) is 4.77 Å². The molecule has 29 heavy (non-hydrogen) atoms. The van der Waals surface area contributed by atoms with Crippen molar-refractivity contribution in [3.05, 3.63) is 64.2 Å². The molecule has 0 aliphatic rings. The quantitative estimate of drug-likeness (QED) is 0.459. The van der Waals surface area contributed by atoms with Gasteiger partial charge in [0.25, 0.3) is 5.91 Å². The Hall–Kier alpha value is -3.46. The van der Waals surface area contributed by atoms with Gasteiger partial charge >= 0.3 is 0 Å². The van der Waals surface area contributed by atoms with Crippen molar-refractivity contribution in [2.45, 2.75) is 13.8 Å². The van der Waals surface area contributed by atoms with Crippen molar-refractivity contribution >= 4 is 30.0 Å². The molecule has 3 aromatic rings. The Morgan fingerprint density at radius 2 is 2.00 bits per heavy atom. The lowest BCUT2D eigenvalue weighted by atomic mass is 10.2. The van der Waals surface area contributed by atoms with Crippen LogP contribution in [-0.4, -0.2) is 40.7 Å². The first-order valence-corrected chi connectivity index (χ1v) is 9.23. The summed E-state index contributed by atoms with van der Waals surface area (Å²) >= 11 is 5.12. The Morgan fingerprint density at radius 3 is 2.66 bits per heavy atom. The second-order valence-corrected chi connectivity index (χ2v) is 6.63. The number of nitrogens with one attached hydrogen (secondary N) is 2. The highest BCUT2D eigenvalue weighted by Gasteiger charge is 2.09. The molecule has 1 aromatic heterocycles. The summed E-state index contributed by atoms with van der Waals surface area (Å²) in [6, 6.07) is 12.8. The number of aryl methyl sites for hydroxylation is 2. The first-order chi connectivity index (χ1) is 14.0. The lowest BCUT2D eigenvalue weighted by molar-refractivity contribution is -0.118. The molecule has 0 spiro atoms. The zero-order valence-electron chi connectivity index (χ0n) is 16.3. The molecule has 2 aromatic carbocycles. The van der Waals surface area contributed by atoms with Crippen LogP contribution in [0.25, 0.3) is 0 Å². The normalized spacial score (nSPS) is 10.9. The fourth-order valence-corrected chi connectivity index (χ4v) is 2.72. The van der Waals surface area contributed by atoms with E-state index in [1.165, 1.54) is 11.8 Å². The number of carbonyl (C=O) groups is 1. The van der Waals surface area contributed by atoms with E-state index in [1.54, 1.807) is 31.3 Å². The average molecular weight is 411 g/mol. The number of aromatic nitrogens is 3. The van der Waals surface area contributed by atoms with Crippen molar-refractivity contribution in [3.8, 4) is 11.5 Å². The third-order valence-electron chi connectivity index (χ3n) is 4.02. The Bertz CT molecular complexity index is 1090. The maximum absolute atomic E-state index is 12.1. The summed E-state index contributed by atoms with van der Waals surface area (Å²) in [5, 5.41) is 13.8. The van der Waals surface area contributed by atoms with Gasteiger partial charge in [0.05, 0.1) is 13.3 Å². The SMILES string of the molecule is COc1cc(/C=N/n2c(C)n[nH]c2=S)ccc1OCC(=O)Nc1ccc(C)cc1. The van der Waals surface area contributed by atoms with Gasteiger partial charge in [-0.25, -0.2) is 0 Å². The predicted octanol–water partition coefficient (Wildman–Crippen LogP) is 3.47. The van der Waals surface area contributed by atoms with E-state index < -0.39 is 0 Å². The van der Waals surface area contributed by atoms with Gasteiger partial charge in [-0.2, -0.15) is 14.9 Å². The first-order valence-electron chi connectivity index (χ1n) is 8.82. The number of methoxy groups -OCH3 is 1. The third kappa shape index (κ3) is 5.29. The van der Waals surface area contributed by atoms with E-state index in [2.05, 4.69) is 20.6 Å². The number of anilines is 1. The second-order valence-electron chi connectivity index (χ2n) is 6.25. The molecule has 1 heterocycles. The summed E-state index contributed by atoms with van der Waals surface area (Å²) < 4.78 is 12.9. The Morgan fingerprint density at radius 1 is 1.24 bits per heavy atom. The van der Waals surface area contributed by atoms with Crippen molar-refractivity contribution in [1.29, 1.82) is 0 Å². The fraction of sp³-hybridized carbons (Fsp3) is 0.200. The summed E-state index contributed by atoms with van der Waals surface area (Å²) in [6.45, 7) is 3.64. The number of ether oxygens (including phenoxy) is 2. The standard InChI is InChI=1S/C20H21N5O3S/c1-13-4-7-16(8-5-13)22-19(26)12-28-17-9-6-15(10-18(17)27-3)11-21-25-14(2)23-24-20(25)29/h4-11H,12H2,1-3H3,(H,22,26)(H,24,29)/b21-11+. The van der Waals surface area contributed by atoms with E-state index in [-0.39, 0.29) is 12.5 Å². The molecule has 3 rings (SSSR count). The summed E-state index contributed by atoms with van der Waals surface area (Å²) in [5.41, 5.74) is 2.62. The van der Waals surface area contributed by atoms with Crippen LogP contribution in [-0.2, 0) is 4.79 Å². The highest BCUT2D eigenvalue weighted by atomic mass is 32.1. The predicted molar refractivity (Wildman–Crippen MR) is 113 cm³/mol. The molecule has 0 fully saturated rings. The van der Waals surface area contributed by atoms with Crippen molar-refractivity contribution in [2.75, 3.05) is 19.0 Å². The largest absolute Gasteiger partial charge is 0.493 e. The van der Waals surface area contributed by atoms with Crippen LogP contribution in [0, 0.1) is 18.6 Å². The lowest BCUT2D eigenvalue weighted by Crippen LogP contribution is -2.20. The number of carbonyl (C=O) groups excluding carboxylic acids is 1. The number of hydrogen-bond donors (Lipinski definition) is 2. The monoisotopic (exact) mass is 411 g/mol. The topological polar surface area (TPSA) is 93.5 Å². The zero-order chi connectivity index (χ0) is 20.8. The van der Waals surface area contributed by atoms with Crippen LogP contribution in [0.15, 0.2) is 47.6 Å². The van der Waals surface area contributed by atoms with Crippen LogP contribution in [0.3, 0.4) is 0 Å². The highest BCUT2D eigenvalue weighted by molar-refractivity contribution is 7.71. The summed E-state index contributed by atoms with van der Waals surface area (Å²) in [6.07, 6.45) is 1.63. The molecule has 9 heteroatoms. The maximum Gasteiger partial charge on any atom is 0.262 e. The van der Waals surface area contributed by atoms with Crippen LogP contribution < -0.4 is 14.8 Å². The third-order valence-corrected chi connectivity index (χ3v) is 4.28. The van der Waals surface area contributed by atoms with Crippen molar-refractivity contribution < 1.29 is 14.3 Å². The van der Waals surface area contributed by atoms with Gasteiger partial charge in [-0.05, 0) is 62.0 Å². The molecule has 0 saturated carbocycles. The van der Waals surface area contributed by atoms with Gasteiger partial charge in [0.15, 0.2) is 18.1 Å². The van der Waals surface area contributed by atoms with E-state index >= 15 is 0 Å². The number of H-pyrrole nitrogens is 1. The van der Waals surface area contributed by atoms with E-state index in [0.29, 0.717) is 22.1 Å². The first kappa shape index (κ1) is 20.3. The molecule has 0 saturated heterocycles. The van der Waals surface area contributed by atoms with Gasteiger partial charge in [-0.15, -0.1) is 0 Å². The van der Waals surface area contributed by atoms with E-state index in [0.717, 1.165) is 16.8 Å². The highest BCUT2D eigenvalue weighted by Crippen LogP contribution is 2.27. The molecule has 0 radical (unpaired) electrons. The van der Waals surface area contributed by atoms with Gasteiger partial charge in [-0.3, -0.25) is 9.89 Å². The minimum atomic E-state index is -0.258. The van der Waals surface area contributed by atoms with Crippen LogP contribution >= 0.6 is 12.2 Å². The zero-order valence-corrected chi connectivity index (χ0v) is 17.1. The van der Waals surface area contributed by atoms with E-state index in [4.69, 9.17) is 21.7 Å². The molecule has 150 valence electrons. The number of rotatable bonds is 7. The number of aromatic amines is 1. The molecule has 0 atom stereocenters. The van der Waals surface area contributed by atoms with Crippen LogP contribution in [0.4, 0.5) is 5.69 Å². The van der Waals surface area contributed by atoms with E-state index in [9.17, 15) is 4.79 Å². The number of hydrogen-bond acceptors (Lipinski definition) is 6. The summed E-state index contributed by atoms with van der Waals surface area (Å²) in [5.74, 6) is 1.34. The molecule has 8 nitrogen and oxygen atoms in total. The van der Waals surface area contributed by atoms with Gasteiger partial charge in [0.1, 0.15) is 5.82 Å². The van der Waals surface area contributed by atoms with E-state index in [1.807, 2.05) is 31.2 Å². The molecular formula is C20H21N5O3S. The lowest BCUT2D eigenvalue weighted by Gasteiger charge is -2.11. The van der Waals surface area contributed by atoms with Crippen molar-refractivity contribution in [2.24, 2.45) is 5.10 Å². The molecular weight excluding hydrogens is 390 g/mol. The second kappa shape index (κ2) is 9.16. The molecule has 0 aliphatic heterocycles. The Kier molecular flexibility index (Phi) is 6.40. The fourth-order valence-electron chi connectivity index (χ4n) is 2.49. The molecule has 0 unspecified atom stereocenters. The van der Waals surface area contributed by atoms with Gasteiger partial charge in [0, 0.05) is 5.69 Å². The molecule has 0 bridgehead atoms. The molecule has 1 amide bonds. The van der Waals surface area contributed by atoms with Crippen molar-refractivity contribution in [3.63, 3.8) is 0 Å². The summed E-state index contributed by atoms with van der Waals surface area (Å²) in [4.78, 5) is 12.1. The number of benzene rings is 2. The minimum Gasteiger partial charge on any atom is -0.493 e. The molecule has 0 aliphatic carbocycles. The van der Waals surface area contributed by atoms with Crippen molar-refractivity contribution in [1.82, 2.24) is 14.9 Å². The minimum absolute atomic E-state index is 0.138. The number of nitrogens with zero attached hydrogens (tertiary/aromatic N) is 3. The Labute approximate surface area is 173 Å². The number of amides is 1. The maximum atomic E-state index is 12.1. The average Bonchev–Trinajstić information content (AvgIpc) is 3.04.